The molecule has 3 fully saturated rings. The highest BCUT2D eigenvalue weighted by molar-refractivity contribution is 5.95. The number of carbonyl (C=O) groups excluding carboxylic acids is 3. The second kappa shape index (κ2) is 7.67. The van der Waals surface area contributed by atoms with E-state index in [9.17, 15) is 19.5 Å². The van der Waals surface area contributed by atoms with Crippen molar-refractivity contribution in [2.75, 3.05) is 39.4 Å². The molecule has 0 radical (unpaired) electrons. The van der Waals surface area contributed by atoms with Crippen LogP contribution in [-0.4, -0.2) is 72.0 Å². The summed E-state index contributed by atoms with van der Waals surface area (Å²) >= 11 is 0. The van der Waals surface area contributed by atoms with E-state index in [1.54, 1.807) is 29.2 Å². The van der Waals surface area contributed by atoms with Crippen molar-refractivity contribution in [2.24, 2.45) is 23.0 Å². The molecule has 0 aromatic heterocycles. The zero-order valence-electron chi connectivity index (χ0n) is 16.4. The Morgan fingerprint density at radius 3 is 2.34 bits per heavy atom. The normalized spacial score (nSPS) is 25.8. The molecule has 156 valence electrons. The summed E-state index contributed by atoms with van der Waals surface area (Å²) in [5.41, 5.74) is 5.11. The first-order valence-electron chi connectivity index (χ1n) is 10.1. The first-order valence-corrected chi connectivity index (χ1v) is 10.1. The number of ether oxygens (including phenoxy) is 1. The Kier molecular flexibility index (Phi) is 5.21. The van der Waals surface area contributed by atoms with E-state index in [0.29, 0.717) is 38.5 Å². The van der Waals surface area contributed by atoms with Gasteiger partial charge in [0.1, 0.15) is 5.75 Å². The molecule has 3 aliphatic rings. The Balaban J connectivity index is 1.35. The molecule has 1 aromatic rings. The Hall–Kier alpha value is -2.61. The van der Waals surface area contributed by atoms with Gasteiger partial charge in [0.2, 0.25) is 5.91 Å². The molecule has 3 N–H and O–H groups in total. The Bertz CT molecular complexity index is 824. The van der Waals surface area contributed by atoms with Gasteiger partial charge in [0, 0.05) is 43.9 Å². The number of likely N-dealkylation sites (tertiary alicyclic amines) is 2. The molecule has 4 rings (SSSR count). The Morgan fingerprint density at radius 2 is 1.76 bits per heavy atom. The highest BCUT2D eigenvalue weighted by atomic mass is 16.5. The SMILES string of the molecule is NC(=O)c1ccccc1OCC(=O)N1CC2CN(C(=O)CC3CC3)CC2(CO)C1. The van der Waals surface area contributed by atoms with Crippen LogP contribution in [-0.2, 0) is 9.59 Å². The molecule has 1 aliphatic carbocycles. The van der Waals surface area contributed by atoms with Gasteiger partial charge in [-0.25, -0.2) is 0 Å². The second-order valence-corrected chi connectivity index (χ2v) is 8.56. The molecule has 2 aliphatic heterocycles. The van der Waals surface area contributed by atoms with Crippen molar-refractivity contribution in [3.8, 4) is 5.75 Å². The van der Waals surface area contributed by atoms with Gasteiger partial charge in [-0.3, -0.25) is 14.4 Å². The lowest BCUT2D eigenvalue weighted by atomic mass is 9.82. The number of carbonyl (C=O) groups is 3. The van der Waals surface area contributed by atoms with Gasteiger partial charge in [-0.2, -0.15) is 0 Å². The van der Waals surface area contributed by atoms with Crippen molar-refractivity contribution in [1.29, 1.82) is 0 Å². The molecule has 0 spiro atoms. The minimum atomic E-state index is -0.612. The molecule has 8 nitrogen and oxygen atoms in total. The fraction of sp³-hybridized carbons (Fsp3) is 0.571. The van der Waals surface area contributed by atoms with Gasteiger partial charge >= 0.3 is 0 Å². The number of para-hydroxylation sites is 1. The lowest BCUT2D eigenvalue weighted by Crippen LogP contribution is -2.41. The number of nitrogens with zero attached hydrogens (tertiary/aromatic N) is 2. The minimum Gasteiger partial charge on any atom is -0.483 e. The monoisotopic (exact) mass is 401 g/mol. The van der Waals surface area contributed by atoms with Gasteiger partial charge in [0.25, 0.3) is 11.8 Å². The molecule has 0 bridgehead atoms. The van der Waals surface area contributed by atoms with Crippen molar-refractivity contribution >= 4 is 17.7 Å². The van der Waals surface area contributed by atoms with Gasteiger partial charge < -0.3 is 25.4 Å². The second-order valence-electron chi connectivity index (χ2n) is 8.56. The number of hydrogen-bond donors (Lipinski definition) is 2. The summed E-state index contributed by atoms with van der Waals surface area (Å²) in [5, 5.41) is 10.1. The highest BCUT2D eigenvalue weighted by Crippen LogP contribution is 2.43. The van der Waals surface area contributed by atoms with Crippen molar-refractivity contribution in [1.82, 2.24) is 9.80 Å². The molecule has 2 atom stereocenters. The highest BCUT2D eigenvalue weighted by Gasteiger charge is 2.54. The van der Waals surface area contributed by atoms with E-state index in [1.807, 2.05) is 4.90 Å². The van der Waals surface area contributed by atoms with E-state index >= 15 is 0 Å². The van der Waals surface area contributed by atoms with Crippen molar-refractivity contribution in [3.05, 3.63) is 29.8 Å². The van der Waals surface area contributed by atoms with Crippen LogP contribution < -0.4 is 10.5 Å². The summed E-state index contributed by atoms with van der Waals surface area (Å²) < 4.78 is 5.55. The molecule has 2 heterocycles. The van der Waals surface area contributed by atoms with Crippen LogP contribution >= 0.6 is 0 Å². The third-order valence-corrected chi connectivity index (χ3v) is 6.44. The topological polar surface area (TPSA) is 113 Å². The number of aliphatic hydroxyl groups is 1. The molecular formula is C21H27N3O5. The molecular weight excluding hydrogens is 374 g/mol. The third kappa shape index (κ3) is 3.94. The van der Waals surface area contributed by atoms with E-state index in [4.69, 9.17) is 10.5 Å². The number of rotatable bonds is 7. The molecule has 1 aromatic carbocycles. The molecule has 3 amide bonds. The number of aliphatic hydroxyl groups excluding tert-OH is 1. The number of amides is 3. The van der Waals surface area contributed by atoms with E-state index in [2.05, 4.69) is 0 Å². The first-order chi connectivity index (χ1) is 13.9. The van der Waals surface area contributed by atoms with Gasteiger partial charge in [-0.1, -0.05) is 12.1 Å². The van der Waals surface area contributed by atoms with Crippen LogP contribution in [0.1, 0.15) is 29.6 Å². The summed E-state index contributed by atoms with van der Waals surface area (Å²) in [4.78, 5) is 40.2. The lowest BCUT2D eigenvalue weighted by molar-refractivity contribution is -0.133. The molecule has 2 unspecified atom stereocenters. The van der Waals surface area contributed by atoms with Crippen molar-refractivity contribution in [3.63, 3.8) is 0 Å². The quantitative estimate of drug-likeness (QED) is 0.680. The van der Waals surface area contributed by atoms with E-state index in [1.165, 1.54) is 0 Å². The van der Waals surface area contributed by atoms with Crippen molar-refractivity contribution in [2.45, 2.75) is 19.3 Å². The van der Waals surface area contributed by atoms with E-state index in [-0.39, 0.29) is 42.3 Å². The summed E-state index contributed by atoms with van der Waals surface area (Å²) in [6.07, 6.45) is 2.87. The molecule has 8 heteroatoms. The fourth-order valence-corrected chi connectivity index (χ4v) is 4.51. The largest absolute Gasteiger partial charge is 0.483 e. The van der Waals surface area contributed by atoms with Crippen LogP contribution in [0.25, 0.3) is 0 Å². The average Bonchev–Trinajstić information content (AvgIpc) is 3.33. The van der Waals surface area contributed by atoms with Crippen LogP contribution in [0.3, 0.4) is 0 Å². The standard InChI is InChI=1S/C21H27N3O5/c22-20(28)16-3-1-2-4-17(16)29-10-19(27)24-9-15-8-23(11-21(15,12-24)13-25)18(26)7-14-5-6-14/h1-4,14-15,25H,5-13H2,(H2,22,28). The van der Waals surface area contributed by atoms with Crippen LogP contribution in [0.4, 0.5) is 0 Å². The first kappa shape index (κ1) is 19.7. The van der Waals surface area contributed by atoms with Crippen LogP contribution in [0, 0.1) is 17.3 Å². The number of fused-ring (bicyclic) bond motifs is 1. The predicted octanol–water partition coefficient (Wildman–Crippen LogP) is 0.244. The molecule has 29 heavy (non-hydrogen) atoms. The maximum atomic E-state index is 12.7. The number of nitrogens with two attached hydrogens (primary N) is 1. The summed E-state index contributed by atoms with van der Waals surface area (Å²) in [6.45, 7) is 1.72. The smallest absolute Gasteiger partial charge is 0.260 e. The zero-order chi connectivity index (χ0) is 20.6. The third-order valence-electron chi connectivity index (χ3n) is 6.44. The average molecular weight is 401 g/mol. The maximum Gasteiger partial charge on any atom is 0.260 e. The van der Waals surface area contributed by atoms with E-state index in [0.717, 1.165) is 12.8 Å². The predicted molar refractivity (Wildman–Crippen MR) is 104 cm³/mol. The number of hydrogen-bond acceptors (Lipinski definition) is 5. The summed E-state index contributed by atoms with van der Waals surface area (Å²) in [5.74, 6) is 0.228. The Labute approximate surface area is 169 Å². The summed E-state index contributed by atoms with van der Waals surface area (Å²) in [6, 6.07) is 6.54. The summed E-state index contributed by atoms with van der Waals surface area (Å²) in [7, 11) is 0. The van der Waals surface area contributed by atoms with Crippen LogP contribution in [0.2, 0.25) is 0 Å². The van der Waals surface area contributed by atoms with Crippen molar-refractivity contribution < 1.29 is 24.2 Å². The van der Waals surface area contributed by atoms with Gasteiger partial charge in [0.05, 0.1) is 12.2 Å². The maximum absolute atomic E-state index is 12.7. The van der Waals surface area contributed by atoms with E-state index < -0.39 is 11.3 Å². The Morgan fingerprint density at radius 1 is 1.10 bits per heavy atom. The number of primary amides is 1. The van der Waals surface area contributed by atoms with Gasteiger partial charge in [-0.05, 0) is 30.9 Å². The molecule has 2 saturated heterocycles. The fourth-order valence-electron chi connectivity index (χ4n) is 4.51. The van der Waals surface area contributed by atoms with Gasteiger partial charge in [-0.15, -0.1) is 0 Å². The number of benzene rings is 1. The minimum absolute atomic E-state index is 0.0555. The van der Waals surface area contributed by atoms with Gasteiger partial charge in [0.15, 0.2) is 6.61 Å². The molecule has 1 saturated carbocycles. The van der Waals surface area contributed by atoms with Crippen LogP contribution in [0.5, 0.6) is 5.75 Å². The van der Waals surface area contributed by atoms with Crippen LogP contribution in [0.15, 0.2) is 24.3 Å². The lowest BCUT2D eigenvalue weighted by Gasteiger charge is -2.27. The zero-order valence-corrected chi connectivity index (χ0v) is 16.4.